The summed E-state index contributed by atoms with van der Waals surface area (Å²) in [5.41, 5.74) is 4.01. The molecule has 0 aliphatic rings. The molecule has 0 unspecified atom stereocenters. The number of hydrogen-bond acceptors (Lipinski definition) is 5. The Labute approximate surface area is 84.0 Å². The number of nitrogens with two attached hydrogens (primary N) is 1. The number of nitrogens with one attached hydrogen (secondary N) is 2. The predicted octanol–water partition coefficient (Wildman–Crippen LogP) is -0.878. The number of anilines is 1. The molecule has 2 aromatic rings. The van der Waals surface area contributed by atoms with E-state index in [1.54, 1.807) is 18.5 Å². The second kappa shape index (κ2) is 5.32. The Morgan fingerprint density at radius 3 is 2.13 bits per heavy atom. The summed E-state index contributed by atoms with van der Waals surface area (Å²) in [6, 6.07) is 2.88. The van der Waals surface area contributed by atoms with Crippen LogP contribution in [0.2, 0.25) is 0 Å². The van der Waals surface area contributed by atoms with Gasteiger partial charge in [-0.25, -0.2) is 14.8 Å². The topological polar surface area (TPSA) is 118 Å². The summed E-state index contributed by atoms with van der Waals surface area (Å²) in [4.78, 5) is 32.2. The van der Waals surface area contributed by atoms with Crippen LogP contribution in [0.4, 0.5) is 5.82 Å². The van der Waals surface area contributed by atoms with Crippen molar-refractivity contribution in [1.29, 1.82) is 0 Å². The molecule has 0 amide bonds. The summed E-state index contributed by atoms with van der Waals surface area (Å²) >= 11 is 0. The van der Waals surface area contributed by atoms with Gasteiger partial charge in [-0.05, 0) is 6.07 Å². The lowest BCUT2D eigenvalue weighted by Gasteiger charge is -1.85. The molecule has 15 heavy (non-hydrogen) atoms. The van der Waals surface area contributed by atoms with Crippen molar-refractivity contribution in [3.63, 3.8) is 0 Å². The highest BCUT2D eigenvalue weighted by Gasteiger charge is 1.86. The fourth-order valence-electron chi connectivity index (χ4n) is 0.741. The average Bonchev–Trinajstić information content (AvgIpc) is 2.19. The SMILES string of the molecule is Nc1cc(=O)[nH]c(=O)[nH]1.c1cncnc1. The molecule has 7 heteroatoms. The van der Waals surface area contributed by atoms with Crippen molar-refractivity contribution in [2.75, 3.05) is 5.73 Å². The maximum absolute atomic E-state index is 10.4. The Hall–Kier alpha value is -2.44. The van der Waals surface area contributed by atoms with Crippen LogP contribution >= 0.6 is 0 Å². The fourth-order valence-corrected chi connectivity index (χ4v) is 0.741. The van der Waals surface area contributed by atoms with E-state index in [4.69, 9.17) is 5.73 Å². The lowest BCUT2D eigenvalue weighted by Crippen LogP contribution is -2.22. The number of aromatic nitrogens is 4. The zero-order chi connectivity index (χ0) is 11.1. The van der Waals surface area contributed by atoms with Crippen LogP contribution in [0.15, 0.2) is 40.4 Å². The van der Waals surface area contributed by atoms with E-state index >= 15 is 0 Å². The van der Waals surface area contributed by atoms with E-state index in [0.29, 0.717) is 0 Å². The molecule has 7 nitrogen and oxygen atoms in total. The van der Waals surface area contributed by atoms with Gasteiger partial charge in [0.15, 0.2) is 0 Å². The quantitative estimate of drug-likeness (QED) is 0.518. The third kappa shape index (κ3) is 4.36. The summed E-state index contributed by atoms with van der Waals surface area (Å²) in [5, 5.41) is 0. The minimum Gasteiger partial charge on any atom is -0.385 e. The van der Waals surface area contributed by atoms with Gasteiger partial charge in [0, 0.05) is 18.5 Å². The van der Waals surface area contributed by atoms with E-state index < -0.39 is 11.2 Å². The van der Waals surface area contributed by atoms with Crippen LogP contribution < -0.4 is 17.0 Å². The molecule has 0 aromatic carbocycles. The van der Waals surface area contributed by atoms with Gasteiger partial charge in [-0.2, -0.15) is 0 Å². The van der Waals surface area contributed by atoms with E-state index in [2.05, 4.69) is 15.0 Å². The van der Waals surface area contributed by atoms with Crippen LogP contribution in [0.25, 0.3) is 0 Å². The molecule has 2 aromatic heterocycles. The Balaban J connectivity index is 0.000000162. The van der Waals surface area contributed by atoms with Crippen LogP contribution in [-0.2, 0) is 0 Å². The van der Waals surface area contributed by atoms with Crippen LogP contribution in [0, 0.1) is 0 Å². The minimum atomic E-state index is -0.583. The molecule has 0 aliphatic carbocycles. The number of hydrogen-bond donors (Lipinski definition) is 3. The summed E-state index contributed by atoms with van der Waals surface area (Å²) in [5.74, 6) is 0.0729. The zero-order valence-corrected chi connectivity index (χ0v) is 7.68. The molecule has 78 valence electrons. The standard InChI is InChI=1S/C4H5N3O2.C4H4N2/c5-2-1-3(8)7-4(9)6-2;1-2-5-4-6-3-1/h1H,(H4,5,6,7,8,9);1-4H. The Kier molecular flexibility index (Phi) is 3.78. The lowest BCUT2D eigenvalue weighted by molar-refractivity contribution is 1.05. The summed E-state index contributed by atoms with van der Waals surface area (Å²) in [7, 11) is 0. The van der Waals surface area contributed by atoms with E-state index in [1.165, 1.54) is 6.33 Å². The van der Waals surface area contributed by atoms with Gasteiger partial charge in [-0.1, -0.05) is 0 Å². The number of rotatable bonds is 0. The molecule has 0 fully saturated rings. The molecule has 0 spiro atoms. The van der Waals surface area contributed by atoms with Crippen LogP contribution in [0.3, 0.4) is 0 Å². The van der Waals surface area contributed by atoms with Gasteiger partial charge in [0.1, 0.15) is 12.1 Å². The van der Waals surface area contributed by atoms with Gasteiger partial charge < -0.3 is 5.73 Å². The summed E-state index contributed by atoms with van der Waals surface area (Å²) in [6.07, 6.45) is 4.88. The fraction of sp³-hybridized carbons (Fsp3) is 0. The third-order valence-corrected chi connectivity index (χ3v) is 1.26. The Morgan fingerprint density at radius 1 is 1.13 bits per heavy atom. The van der Waals surface area contributed by atoms with Gasteiger partial charge >= 0.3 is 5.69 Å². The van der Waals surface area contributed by atoms with E-state index in [-0.39, 0.29) is 5.82 Å². The maximum atomic E-state index is 10.4. The van der Waals surface area contributed by atoms with Crippen LogP contribution in [-0.4, -0.2) is 19.9 Å². The van der Waals surface area contributed by atoms with Gasteiger partial charge in [0.05, 0.1) is 0 Å². The van der Waals surface area contributed by atoms with Crippen molar-refractivity contribution in [1.82, 2.24) is 19.9 Å². The van der Waals surface area contributed by atoms with Crippen molar-refractivity contribution in [3.05, 3.63) is 51.7 Å². The molecule has 0 aliphatic heterocycles. The molecule has 0 atom stereocenters. The molecular weight excluding hydrogens is 198 g/mol. The third-order valence-electron chi connectivity index (χ3n) is 1.26. The summed E-state index contributed by atoms with van der Waals surface area (Å²) in [6.45, 7) is 0. The number of nitrogen functional groups attached to an aromatic ring is 1. The molecule has 4 N–H and O–H groups in total. The highest BCUT2D eigenvalue weighted by Crippen LogP contribution is 1.77. The Bertz CT molecular complexity index is 449. The first-order valence-electron chi connectivity index (χ1n) is 3.97. The lowest BCUT2D eigenvalue weighted by atomic mass is 10.6. The average molecular weight is 207 g/mol. The molecule has 0 radical (unpaired) electrons. The van der Waals surface area contributed by atoms with Gasteiger partial charge in [0.2, 0.25) is 0 Å². The molecule has 0 bridgehead atoms. The monoisotopic (exact) mass is 207 g/mol. The molecule has 0 saturated heterocycles. The zero-order valence-electron chi connectivity index (χ0n) is 7.68. The van der Waals surface area contributed by atoms with E-state index in [0.717, 1.165) is 6.07 Å². The molecule has 2 heterocycles. The second-order valence-corrected chi connectivity index (χ2v) is 2.45. The van der Waals surface area contributed by atoms with Crippen molar-refractivity contribution >= 4 is 5.82 Å². The first-order valence-corrected chi connectivity index (χ1v) is 3.97. The van der Waals surface area contributed by atoms with Gasteiger partial charge in [-0.3, -0.25) is 14.8 Å². The van der Waals surface area contributed by atoms with Crippen molar-refractivity contribution in [2.45, 2.75) is 0 Å². The second-order valence-electron chi connectivity index (χ2n) is 2.45. The van der Waals surface area contributed by atoms with Crippen molar-refractivity contribution < 1.29 is 0 Å². The van der Waals surface area contributed by atoms with Crippen LogP contribution in [0.5, 0.6) is 0 Å². The van der Waals surface area contributed by atoms with E-state index in [9.17, 15) is 9.59 Å². The maximum Gasteiger partial charge on any atom is 0.327 e. The summed E-state index contributed by atoms with van der Waals surface area (Å²) < 4.78 is 0. The Morgan fingerprint density at radius 2 is 1.80 bits per heavy atom. The predicted molar refractivity (Wildman–Crippen MR) is 54.1 cm³/mol. The highest BCUT2D eigenvalue weighted by atomic mass is 16.2. The smallest absolute Gasteiger partial charge is 0.327 e. The number of aromatic amines is 2. The number of H-pyrrole nitrogens is 2. The first kappa shape index (κ1) is 10.6. The van der Waals surface area contributed by atoms with Gasteiger partial charge in [-0.15, -0.1) is 0 Å². The van der Waals surface area contributed by atoms with Crippen molar-refractivity contribution in [3.8, 4) is 0 Å². The largest absolute Gasteiger partial charge is 0.385 e. The van der Waals surface area contributed by atoms with Crippen molar-refractivity contribution in [2.24, 2.45) is 0 Å². The van der Waals surface area contributed by atoms with Gasteiger partial charge in [0.25, 0.3) is 5.56 Å². The molecule has 0 saturated carbocycles. The van der Waals surface area contributed by atoms with E-state index in [1.807, 2.05) is 4.98 Å². The first-order chi connectivity index (χ1) is 7.18. The minimum absolute atomic E-state index is 0.0729. The normalized spacial score (nSPS) is 8.80. The molecule has 2 rings (SSSR count). The molecular formula is C8H9N5O2. The number of nitrogens with zero attached hydrogens (tertiary/aromatic N) is 2. The highest BCUT2D eigenvalue weighted by molar-refractivity contribution is 5.22. The van der Waals surface area contributed by atoms with Crippen LogP contribution in [0.1, 0.15) is 0 Å².